The zero-order chi connectivity index (χ0) is 10.1. The second-order valence-electron chi connectivity index (χ2n) is 2.72. The predicted molar refractivity (Wildman–Crippen MR) is 63.3 cm³/mol. The molecule has 0 spiro atoms. The summed E-state index contributed by atoms with van der Waals surface area (Å²) in [5.74, 6) is 0. The first-order valence-corrected chi connectivity index (χ1v) is 5.72. The molecular weight excluding hydrogens is 313 g/mol. The molecule has 0 radical (unpaired) electrons. The van der Waals surface area contributed by atoms with E-state index >= 15 is 0 Å². The van der Waals surface area contributed by atoms with Crippen molar-refractivity contribution in [3.05, 3.63) is 31.7 Å². The van der Waals surface area contributed by atoms with Crippen LogP contribution in [-0.2, 0) is 7.05 Å². The van der Waals surface area contributed by atoms with E-state index in [-0.39, 0.29) is 5.56 Å². The topological polar surface area (TPSA) is 47.8 Å². The molecule has 0 aromatic carbocycles. The van der Waals surface area contributed by atoms with Crippen LogP contribution in [0.3, 0.4) is 0 Å². The van der Waals surface area contributed by atoms with Gasteiger partial charge in [-0.1, -0.05) is 11.3 Å². The minimum absolute atomic E-state index is 0.0345. The maximum atomic E-state index is 11.3. The molecule has 72 valence electrons. The molecule has 2 rings (SSSR count). The molecule has 0 amide bonds. The number of rotatable bonds is 1. The Morgan fingerprint density at radius 2 is 2.29 bits per heavy atom. The highest BCUT2D eigenvalue weighted by Gasteiger charge is 2.05. The van der Waals surface area contributed by atoms with Crippen LogP contribution in [0.25, 0.3) is 10.6 Å². The lowest BCUT2D eigenvalue weighted by atomic mass is 10.3. The summed E-state index contributed by atoms with van der Waals surface area (Å²) in [6, 6.07) is 3.43. The number of hydrogen-bond donors (Lipinski definition) is 0. The molecule has 0 aliphatic carbocycles. The van der Waals surface area contributed by atoms with E-state index in [2.05, 4.69) is 32.8 Å². The predicted octanol–water partition coefficient (Wildman–Crippen LogP) is 1.51. The van der Waals surface area contributed by atoms with Crippen molar-refractivity contribution < 1.29 is 0 Å². The summed E-state index contributed by atoms with van der Waals surface area (Å²) in [7, 11) is 1.72. The van der Waals surface area contributed by atoms with Crippen molar-refractivity contribution in [3.8, 4) is 10.6 Å². The fourth-order valence-electron chi connectivity index (χ4n) is 1.00. The van der Waals surface area contributed by atoms with Crippen LogP contribution < -0.4 is 5.56 Å². The van der Waals surface area contributed by atoms with Gasteiger partial charge in [0.25, 0.3) is 5.56 Å². The number of hydrogen-bond acceptors (Lipinski definition) is 4. The molecule has 2 aromatic rings. The summed E-state index contributed by atoms with van der Waals surface area (Å²) in [6.07, 6.45) is 1.73. The highest BCUT2D eigenvalue weighted by atomic mass is 127. The third kappa shape index (κ3) is 1.85. The molecule has 0 fully saturated rings. The van der Waals surface area contributed by atoms with Crippen molar-refractivity contribution in [3.63, 3.8) is 0 Å². The van der Waals surface area contributed by atoms with Gasteiger partial charge in [-0.3, -0.25) is 4.79 Å². The molecule has 4 nitrogen and oxygen atoms in total. The van der Waals surface area contributed by atoms with Gasteiger partial charge in [0.2, 0.25) is 0 Å². The standard InChI is InChI=1S/C8H6IN3OS/c1-12-3-2-5(4-6(12)13)7-10-11-8(9)14-7/h2-4H,1H3. The molecule has 0 N–H and O–H groups in total. The van der Waals surface area contributed by atoms with E-state index < -0.39 is 0 Å². The summed E-state index contributed by atoms with van der Waals surface area (Å²) in [4.78, 5) is 11.3. The summed E-state index contributed by atoms with van der Waals surface area (Å²) >= 11 is 3.58. The second-order valence-corrected chi connectivity index (χ2v) is 5.46. The number of halogens is 1. The third-order valence-corrected chi connectivity index (χ3v) is 3.39. The number of pyridine rings is 1. The first-order chi connectivity index (χ1) is 6.66. The van der Waals surface area contributed by atoms with E-state index in [9.17, 15) is 4.79 Å². The molecule has 2 heterocycles. The Hall–Kier alpha value is -0.760. The van der Waals surface area contributed by atoms with E-state index in [1.54, 1.807) is 19.3 Å². The zero-order valence-electron chi connectivity index (χ0n) is 7.27. The maximum Gasteiger partial charge on any atom is 0.250 e. The van der Waals surface area contributed by atoms with E-state index in [0.717, 1.165) is 13.6 Å². The molecular formula is C8H6IN3OS. The van der Waals surface area contributed by atoms with Crippen molar-refractivity contribution >= 4 is 33.9 Å². The van der Waals surface area contributed by atoms with Gasteiger partial charge in [-0.25, -0.2) is 0 Å². The van der Waals surface area contributed by atoms with Crippen LogP contribution in [0.15, 0.2) is 23.1 Å². The number of aryl methyl sites for hydroxylation is 1. The van der Waals surface area contributed by atoms with Crippen LogP contribution in [0.1, 0.15) is 0 Å². The van der Waals surface area contributed by atoms with Crippen LogP contribution >= 0.6 is 33.9 Å². The highest BCUT2D eigenvalue weighted by molar-refractivity contribution is 14.1. The number of nitrogens with zero attached hydrogens (tertiary/aromatic N) is 3. The van der Waals surface area contributed by atoms with Crippen molar-refractivity contribution in [1.82, 2.24) is 14.8 Å². The van der Waals surface area contributed by atoms with Crippen molar-refractivity contribution in [1.29, 1.82) is 0 Å². The molecule has 0 atom stereocenters. The van der Waals surface area contributed by atoms with Gasteiger partial charge in [-0.2, -0.15) is 0 Å². The lowest BCUT2D eigenvalue weighted by Gasteiger charge is -1.97. The molecule has 0 saturated carbocycles. The first-order valence-electron chi connectivity index (χ1n) is 3.83. The molecule has 0 saturated heterocycles. The zero-order valence-corrected chi connectivity index (χ0v) is 10.2. The van der Waals surface area contributed by atoms with Crippen molar-refractivity contribution in [2.24, 2.45) is 7.05 Å². The monoisotopic (exact) mass is 319 g/mol. The Morgan fingerprint density at radius 1 is 1.50 bits per heavy atom. The van der Waals surface area contributed by atoms with E-state index in [1.165, 1.54) is 15.9 Å². The molecule has 6 heteroatoms. The minimum Gasteiger partial charge on any atom is -0.319 e. The van der Waals surface area contributed by atoms with Crippen LogP contribution in [0, 0.1) is 3.01 Å². The largest absolute Gasteiger partial charge is 0.319 e. The fraction of sp³-hybridized carbons (Fsp3) is 0.125. The summed E-state index contributed by atoms with van der Waals surface area (Å²) in [5, 5.41) is 8.65. The minimum atomic E-state index is -0.0345. The van der Waals surface area contributed by atoms with Crippen LogP contribution in [-0.4, -0.2) is 14.8 Å². The van der Waals surface area contributed by atoms with Crippen molar-refractivity contribution in [2.45, 2.75) is 0 Å². The average molecular weight is 319 g/mol. The van der Waals surface area contributed by atoms with E-state index in [0.29, 0.717) is 0 Å². The van der Waals surface area contributed by atoms with Gasteiger partial charge >= 0.3 is 0 Å². The van der Waals surface area contributed by atoms with Gasteiger partial charge < -0.3 is 4.57 Å². The van der Waals surface area contributed by atoms with Crippen LogP contribution in [0.4, 0.5) is 0 Å². The quantitative estimate of drug-likeness (QED) is 0.749. The van der Waals surface area contributed by atoms with Gasteiger partial charge in [0.1, 0.15) is 5.01 Å². The Kier molecular flexibility index (Phi) is 2.64. The molecule has 0 unspecified atom stereocenters. The smallest absolute Gasteiger partial charge is 0.250 e. The van der Waals surface area contributed by atoms with Gasteiger partial charge in [0.15, 0.2) is 3.01 Å². The summed E-state index contributed by atoms with van der Waals surface area (Å²) < 4.78 is 2.40. The Balaban J connectivity index is 2.53. The normalized spacial score (nSPS) is 10.4. The lowest BCUT2D eigenvalue weighted by molar-refractivity contribution is 0.861. The molecule has 0 aliphatic heterocycles. The summed E-state index contributed by atoms with van der Waals surface area (Å²) in [6.45, 7) is 0. The highest BCUT2D eigenvalue weighted by Crippen LogP contribution is 2.22. The fourth-order valence-corrected chi connectivity index (χ4v) is 2.30. The Labute approximate surface area is 97.8 Å². The van der Waals surface area contributed by atoms with Gasteiger partial charge in [0.05, 0.1) is 0 Å². The van der Waals surface area contributed by atoms with Crippen LogP contribution in [0.2, 0.25) is 0 Å². The number of aromatic nitrogens is 3. The van der Waals surface area contributed by atoms with Gasteiger partial charge in [-0.05, 0) is 28.7 Å². The second kappa shape index (κ2) is 3.77. The molecule has 2 aromatic heterocycles. The first kappa shape index (κ1) is 9.78. The third-order valence-electron chi connectivity index (χ3n) is 1.75. The lowest BCUT2D eigenvalue weighted by Crippen LogP contribution is -2.13. The summed E-state index contributed by atoms with van der Waals surface area (Å²) in [5.41, 5.74) is 0.793. The molecule has 0 aliphatic rings. The average Bonchev–Trinajstić information content (AvgIpc) is 2.57. The van der Waals surface area contributed by atoms with E-state index in [4.69, 9.17) is 0 Å². The van der Waals surface area contributed by atoms with Crippen molar-refractivity contribution in [2.75, 3.05) is 0 Å². The Morgan fingerprint density at radius 3 is 2.86 bits per heavy atom. The maximum absolute atomic E-state index is 11.3. The molecule has 0 bridgehead atoms. The van der Waals surface area contributed by atoms with Gasteiger partial charge in [-0.15, -0.1) is 10.2 Å². The SMILES string of the molecule is Cn1ccc(-c2nnc(I)s2)cc1=O. The molecule has 14 heavy (non-hydrogen) atoms. The van der Waals surface area contributed by atoms with Crippen LogP contribution in [0.5, 0.6) is 0 Å². The van der Waals surface area contributed by atoms with E-state index in [1.807, 2.05) is 6.07 Å². The Bertz CT molecular complexity index is 519. The van der Waals surface area contributed by atoms with Gasteiger partial charge in [0, 0.05) is 24.9 Å².